The molecule has 0 aliphatic carbocycles. The van der Waals surface area contributed by atoms with Gasteiger partial charge >= 0.3 is 11.9 Å². The third-order valence-electron chi connectivity index (χ3n) is 6.07. The monoisotopic (exact) mass is 577 g/mol. The summed E-state index contributed by atoms with van der Waals surface area (Å²) in [4.78, 5) is 34.7. The van der Waals surface area contributed by atoms with E-state index >= 15 is 0 Å². The lowest BCUT2D eigenvalue weighted by Crippen LogP contribution is -2.37. The van der Waals surface area contributed by atoms with Gasteiger partial charge in [-0.15, -0.1) is 0 Å². The fourth-order valence-electron chi connectivity index (χ4n) is 4.29. The van der Waals surface area contributed by atoms with E-state index in [0.717, 1.165) is 5.56 Å². The molecule has 0 spiro atoms. The number of benzene rings is 1. The van der Waals surface area contributed by atoms with Crippen LogP contribution in [0.3, 0.4) is 0 Å². The van der Waals surface area contributed by atoms with Crippen LogP contribution in [-0.2, 0) is 35.1 Å². The molecule has 3 rings (SSSR count). The smallest absolute Gasteiger partial charge is 0.336 e. The molecule has 1 aliphatic heterocycles. The van der Waals surface area contributed by atoms with Gasteiger partial charge in [0.1, 0.15) is 5.92 Å². The van der Waals surface area contributed by atoms with Crippen LogP contribution in [0, 0.1) is 5.92 Å². The maximum Gasteiger partial charge on any atom is 0.336 e. The predicted molar refractivity (Wildman–Crippen MR) is 149 cm³/mol. The molecule has 0 radical (unpaired) electrons. The first-order chi connectivity index (χ1) is 18.9. The van der Waals surface area contributed by atoms with E-state index in [1.54, 1.807) is 38.2 Å². The zero-order valence-electron chi connectivity index (χ0n) is 22.2. The number of carbonyl (C=O) groups excluding carboxylic acids is 2. The van der Waals surface area contributed by atoms with Gasteiger partial charge in [0.05, 0.1) is 61.5 Å². The average molecular weight is 578 g/mol. The standard InChI is InChI=1S/C28H33Cl2N3O6/c1-4-39-28(35)25-22(17-38-14-13-37-12-11-32-16-19-7-6-10-31-15-19)33-18(2)23(27(34)36-3)24(25)20-8-5-9-21(29)26(20)30/h5-10,15,23-24,32H,4,11-14,16-17H2,1-3H3. The summed E-state index contributed by atoms with van der Waals surface area (Å²) in [5, 5.41) is 3.82. The lowest BCUT2D eigenvalue weighted by atomic mass is 9.75. The average Bonchev–Trinajstić information content (AvgIpc) is 2.93. The van der Waals surface area contributed by atoms with Crippen molar-refractivity contribution in [3.8, 4) is 0 Å². The molecule has 0 bridgehead atoms. The van der Waals surface area contributed by atoms with Gasteiger partial charge in [-0.2, -0.15) is 0 Å². The van der Waals surface area contributed by atoms with Crippen LogP contribution in [-0.4, -0.2) is 69.3 Å². The van der Waals surface area contributed by atoms with Gasteiger partial charge in [-0.25, -0.2) is 4.79 Å². The Morgan fingerprint density at radius 3 is 2.59 bits per heavy atom. The number of hydrogen-bond acceptors (Lipinski definition) is 9. The highest BCUT2D eigenvalue weighted by molar-refractivity contribution is 6.42. The van der Waals surface area contributed by atoms with Crippen LogP contribution < -0.4 is 5.32 Å². The second-order valence-electron chi connectivity index (χ2n) is 8.66. The summed E-state index contributed by atoms with van der Waals surface area (Å²) in [6.07, 6.45) is 3.55. The van der Waals surface area contributed by atoms with Gasteiger partial charge in [-0.05, 0) is 37.1 Å². The van der Waals surface area contributed by atoms with Crippen molar-refractivity contribution in [2.24, 2.45) is 10.9 Å². The fourth-order valence-corrected chi connectivity index (χ4v) is 4.72. The minimum absolute atomic E-state index is 0.0106. The van der Waals surface area contributed by atoms with Crippen molar-refractivity contribution in [3.05, 3.63) is 75.2 Å². The molecule has 0 amide bonds. The van der Waals surface area contributed by atoms with Crippen molar-refractivity contribution in [1.82, 2.24) is 10.3 Å². The van der Waals surface area contributed by atoms with E-state index in [1.165, 1.54) is 7.11 Å². The van der Waals surface area contributed by atoms with E-state index in [-0.39, 0.29) is 30.4 Å². The number of carbonyl (C=O) groups is 2. The molecule has 1 aliphatic rings. The predicted octanol–water partition coefficient (Wildman–Crippen LogP) is 4.38. The van der Waals surface area contributed by atoms with E-state index in [0.29, 0.717) is 48.3 Å². The second kappa shape index (κ2) is 15.7. The zero-order valence-corrected chi connectivity index (χ0v) is 23.8. The van der Waals surface area contributed by atoms with Gasteiger partial charge in [0, 0.05) is 37.1 Å². The summed E-state index contributed by atoms with van der Waals surface area (Å²) < 4.78 is 21.9. The molecule has 2 aromatic rings. The Kier molecular flexibility index (Phi) is 12.4. The summed E-state index contributed by atoms with van der Waals surface area (Å²) in [5.74, 6) is -2.87. The number of aliphatic imine (C=N–C) groups is 1. The molecule has 11 heteroatoms. The number of rotatable bonds is 14. The molecule has 0 saturated heterocycles. The van der Waals surface area contributed by atoms with Crippen LogP contribution in [0.4, 0.5) is 0 Å². The molecule has 2 heterocycles. The maximum absolute atomic E-state index is 13.2. The van der Waals surface area contributed by atoms with Gasteiger partial charge in [-0.1, -0.05) is 41.4 Å². The zero-order chi connectivity index (χ0) is 28.2. The molecule has 9 nitrogen and oxygen atoms in total. The summed E-state index contributed by atoms with van der Waals surface area (Å²) in [6, 6.07) is 8.97. The first-order valence-corrected chi connectivity index (χ1v) is 13.4. The highest BCUT2D eigenvalue weighted by atomic mass is 35.5. The quantitative estimate of drug-likeness (QED) is 0.260. The van der Waals surface area contributed by atoms with Crippen LogP contribution >= 0.6 is 23.2 Å². The lowest BCUT2D eigenvalue weighted by Gasteiger charge is -2.32. The number of nitrogens with one attached hydrogen (secondary N) is 1. The van der Waals surface area contributed by atoms with Crippen molar-refractivity contribution in [2.45, 2.75) is 26.3 Å². The van der Waals surface area contributed by atoms with E-state index in [4.69, 9.17) is 42.1 Å². The van der Waals surface area contributed by atoms with Gasteiger partial charge in [0.2, 0.25) is 0 Å². The highest BCUT2D eigenvalue weighted by Crippen LogP contribution is 2.44. The Morgan fingerprint density at radius 2 is 1.87 bits per heavy atom. The van der Waals surface area contributed by atoms with Crippen LogP contribution in [0.1, 0.15) is 30.9 Å². The third kappa shape index (κ3) is 8.33. The van der Waals surface area contributed by atoms with Gasteiger partial charge in [-0.3, -0.25) is 14.8 Å². The van der Waals surface area contributed by atoms with Crippen LogP contribution in [0.25, 0.3) is 0 Å². The number of esters is 2. The Bertz CT molecular complexity index is 1190. The number of halogens is 2. The van der Waals surface area contributed by atoms with Gasteiger partial charge in [0.25, 0.3) is 0 Å². The van der Waals surface area contributed by atoms with Crippen LogP contribution in [0.5, 0.6) is 0 Å². The number of nitrogens with zero attached hydrogens (tertiary/aromatic N) is 2. The van der Waals surface area contributed by atoms with Gasteiger partial charge < -0.3 is 24.3 Å². The molecular weight excluding hydrogens is 545 g/mol. The molecule has 2 atom stereocenters. The summed E-state index contributed by atoms with van der Waals surface area (Å²) >= 11 is 12.9. The van der Waals surface area contributed by atoms with Crippen LogP contribution in [0.15, 0.2) is 59.0 Å². The summed E-state index contributed by atoms with van der Waals surface area (Å²) in [7, 11) is 1.28. The van der Waals surface area contributed by atoms with E-state index < -0.39 is 23.8 Å². The fraction of sp³-hybridized carbons (Fsp3) is 0.429. The normalized spacial score (nSPS) is 17.1. The number of hydrogen-bond donors (Lipinski definition) is 1. The first kappa shape index (κ1) is 30.7. The summed E-state index contributed by atoms with van der Waals surface area (Å²) in [6.45, 7) is 6.08. The maximum atomic E-state index is 13.2. The van der Waals surface area contributed by atoms with E-state index in [1.807, 2.05) is 18.3 Å². The lowest BCUT2D eigenvalue weighted by molar-refractivity contribution is -0.144. The molecule has 39 heavy (non-hydrogen) atoms. The Hall–Kier alpha value is -2.82. The van der Waals surface area contributed by atoms with Crippen molar-refractivity contribution >= 4 is 40.9 Å². The third-order valence-corrected chi connectivity index (χ3v) is 6.90. The van der Waals surface area contributed by atoms with Crippen LogP contribution in [0.2, 0.25) is 10.0 Å². The SMILES string of the molecule is CCOC(=O)C1=C(COCCOCCNCc2cccnc2)N=C(C)C(C(=O)OC)C1c1cccc(Cl)c1Cl. The molecule has 1 aromatic heterocycles. The molecule has 0 fully saturated rings. The van der Waals surface area contributed by atoms with Gasteiger partial charge in [0.15, 0.2) is 0 Å². The Labute approximate surface area is 238 Å². The highest BCUT2D eigenvalue weighted by Gasteiger charge is 2.44. The van der Waals surface area contributed by atoms with E-state index in [9.17, 15) is 9.59 Å². The minimum atomic E-state index is -0.892. The van der Waals surface area contributed by atoms with Crippen molar-refractivity contribution in [2.75, 3.05) is 46.7 Å². The molecule has 0 saturated carbocycles. The number of pyridine rings is 1. The molecule has 2 unspecified atom stereocenters. The minimum Gasteiger partial charge on any atom is -0.468 e. The second-order valence-corrected chi connectivity index (χ2v) is 9.44. The molecular formula is C28H33Cl2N3O6. The molecule has 1 aromatic carbocycles. The molecule has 1 N–H and O–H groups in total. The first-order valence-electron chi connectivity index (χ1n) is 12.6. The van der Waals surface area contributed by atoms with Crippen molar-refractivity contribution < 1.29 is 28.5 Å². The molecule has 210 valence electrons. The topological polar surface area (TPSA) is 108 Å². The Morgan fingerprint density at radius 1 is 1.08 bits per heavy atom. The Balaban J connectivity index is 1.69. The van der Waals surface area contributed by atoms with E-state index in [2.05, 4.69) is 15.3 Å². The largest absolute Gasteiger partial charge is 0.468 e. The number of ether oxygens (including phenoxy) is 4. The summed E-state index contributed by atoms with van der Waals surface area (Å²) in [5.41, 5.74) is 2.59. The van der Waals surface area contributed by atoms with Crippen molar-refractivity contribution in [1.29, 1.82) is 0 Å². The number of methoxy groups -OCH3 is 1. The number of aromatic nitrogens is 1. The van der Waals surface area contributed by atoms with Crippen molar-refractivity contribution in [3.63, 3.8) is 0 Å².